The zero-order valence-corrected chi connectivity index (χ0v) is 18.5. The molecule has 0 aliphatic carbocycles. The molecule has 0 amide bonds. The van der Waals surface area contributed by atoms with Gasteiger partial charge in [0.2, 0.25) is 0 Å². The third-order valence-electron chi connectivity index (χ3n) is 4.95. The molecule has 0 aliphatic rings. The molecular weight excluding hydrogens is 438 g/mol. The first kappa shape index (κ1) is 17.0. The maximum atomic E-state index is 12.9. The number of benzene rings is 2. The predicted molar refractivity (Wildman–Crippen MR) is 128 cm³/mol. The zero-order valence-electron chi connectivity index (χ0n) is 22.7. The molecule has 0 spiro atoms. The number of sulfone groups is 1. The van der Waals surface area contributed by atoms with Crippen molar-refractivity contribution in [2.45, 2.75) is 30.4 Å². The fourth-order valence-electron chi connectivity index (χ4n) is 3.18. The average Bonchev–Trinajstić information content (AvgIpc) is 3.39. The van der Waals surface area contributed by atoms with E-state index in [1.165, 1.54) is 30.5 Å². The number of nitrogens with zero attached hydrogens (tertiary/aromatic N) is 3. The van der Waals surface area contributed by atoms with E-state index in [1.54, 1.807) is 6.07 Å². The molecular formula is C24H25N5O3S. The molecule has 0 fully saturated rings. The predicted octanol–water partition coefficient (Wildman–Crippen LogP) is 3.95. The molecule has 2 aromatic heterocycles. The molecule has 0 unspecified atom stereocenters. The Morgan fingerprint density at radius 1 is 1.09 bits per heavy atom. The molecule has 0 atom stereocenters. The molecule has 0 saturated heterocycles. The summed E-state index contributed by atoms with van der Waals surface area (Å²) in [6, 6.07) is 14.7. The van der Waals surface area contributed by atoms with Gasteiger partial charge in [-0.15, -0.1) is 0 Å². The van der Waals surface area contributed by atoms with Crippen molar-refractivity contribution >= 4 is 15.7 Å². The van der Waals surface area contributed by atoms with E-state index in [4.69, 9.17) is 17.1 Å². The summed E-state index contributed by atoms with van der Waals surface area (Å²) in [6.45, 7) is -3.77. The Morgan fingerprint density at radius 2 is 1.76 bits per heavy atom. The smallest absolute Gasteiger partial charge is 0.189 e. The molecule has 0 radical (unpaired) electrons. The van der Waals surface area contributed by atoms with Crippen LogP contribution in [-0.2, 0) is 16.4 Å². The number of nitrogen functional groups attached to an aromatic ring is 1. The van der Waals surface area contributed by atoms with Crippen LogP contribution in [0, 0.1) is 0 Å². The molecule has 4 aromatic rings. The summed E-state index contributed by atoms with van der Waals surface area (Å²) >= 11 is 0. The van der Waals surface area contributed by atoms with Crippen LogP contribution in [0.4, 0.5) is 5.82 Å². The number of aromatic nitrogens is 3. The van der Waals surface area contributed by atoms with Gasteiger partial charge in [-0.3, -0.25) is 0 Å². The zero-order chi connectivity index (χ0) is 27.7. The highest BCUT2D eigenvalue weighted by Crippen LogP contribution is 2.30. The Balaban J connectivity index is 1.64. The monoisotopic (exact) mass is 468 g/mol. The van der Waals surface area contributed by atoms with Gasteiger partial charge in [0.05, 0.1) is 22.0 Å². The van der Waals surface area contributed by atoms with Gasteiger partial charge in [-0.1, -0.05) is 41.6 Å². The molecule has 0 bridgehead atoms. The molecule has 2 aromatic carbocycles. The van der Waals surface area contributed by atoms with Crippen molar-refractivity contribution in [1.29, 1.82) is 0 Å². The van der Waals surface area contributed by atoms with Gasteiger partial charge in [-0.25, -0.2) is 18.4 Å². The van der Waals surface area contributed by atoms with E-state index in [9.17, 15) is 8.42 Å². The average molecular weight is 469 g/mol. The van der Waals surface area contributed by atoms with Gasteiger partial charge in [0.1, 0.15) is 5.69 Å². The number of nitrogens with one attached hydrogen (secondary N) is 1. The van der Waals surface area contributed by atoms with Crippen LogP contribution in [-0.4, -0.2) is 35.8 Å². The second kappa shape index (κ2) is 9.13. The Morgan fingerprint density at radius 3 is 2.42 bits per heavy atom. The van der Waals surface area contributed by atoms with Gasteiger partial charge in [-0.05, 0) is 38.5 Å². The van der Waals surface area contributed by atoms with E-state index in [1.807, 2.05) is 31.3 Å². The van der Waals surface area contributed by atoms with Crippen molar-refractivity contribution in [2.75, 3.05) is 12.8 Å². The summed E-state index contributed by atoms with van der Waals surface area (Å²) in [5.41, 5.74) is 9.65. The van der Waals surface area contributed by atoms with Crippen molar-refractivity contribution < 1.29 is 19.8 Å². The molecule has 0 aliphatic heterocycles. The van der Waals surface area contributed by atoms with Gasteiger partial charge in [0.25, 0.3) is 0 Å². The second-order valence-electron chi connectivity index (χ2n) is 7.22. The van der Waals surface area contributed by atoms with Crippen LogP contribution in [0.5, 0.6) is 0 Å². The minimum Gasteiger partial charge on any atom is -0.382 e. The Bertz CT molecular complexity index is 1520. The second-order valence-corrected chi connectivity index (χ2v) is 9.17. The lowest BCUT2D eigenvalue weighted by Crippen LogP contribution is -2.13. The van der Waals surface area contributed by atoms with E-state index in [-0.39, 0.29) is 16.4 Å². The number of anilines is 1. The van der Waals surface area contributed by atoms with Gasteiger partial charge in [-0.2, -0.15) is 0 Å². The first-order chi connectivity index (χ1) is 18.0. The first-order valence-corrected chi connectivity index (χ1v) is 11.3. The van der Waals surface area contributed by atoms with Crippen molar-refractivity contribution in [1.82, 2.24) is 20.4 Å². The van der Waals surface area contributed by atoms with Gasteiger partial charge in [0, 0.05) is 30.6 Å². The molecule has 0 saturated carbocycles. The molecule has 33 heavy (non-hydrogen) atoms. The Kier molecular flexibility index (Phi) is 4.70. The summed E-state index contributed by atoms with van der Waals surface area (Å²) < 4.78 is 69.2. The number of hydrogen-bond donors (Lipinski definition) is 2. The summed E-state index contributed by atoms with van der Waals surface area (Å²) in [4.78, 5) is 8.32. The van der Waals surface area contributed by atoms with Gasteiger partial charge >= 0.3 is 0 Å². The minimum absolute atomic E-state index is 0.105. The van der Waals surface area contributed by atoms with E-state index >= 15 is 0 Å². The molecule has 3 N–H and O–H groups in total. The minimum atomic E-state index is -4.65. The quantitative estimate of drug-likeness (QED) is 0.418. The third kappa shape index (κ3) is 4.64. The van der Waals surface area contributed by atoms with E-state index in [0.717, 1.165) is 17.7 Å². The molecule has 4 rings (SSSR count). The lowest BCUT2D eigenvalue weighted by atomic mass is 10.1. The van der Waals surface area contributed by atoms with E-state index in [0.29, 0.717) is 22.7 Å². The molecule has 2 heterocycles. The number of hydrogen-bond acceptors (Lipinski definition) is 8. The van der Waals surface area contributed by atoms with Crippen LogP contribution in [0.15, 0.2) is 70.2 Å². The van der Waals surface area contributed by atoms with E-state index in [2.05, 4.69) is 20.4 Å². The largest absolute Gasteiger partial charge is 0.382 e. The lowest BCUT2D eigenvalue weighted by Gasteiger charge is -2.09. The van der Waals surface area contributed by atoms with Gasteiger partial charge in [0.15, 0.2) is 27.1 Å². The van der Waals surface area contributed by atoms with Crippen LogP contribution in [0.2, 0.25) is 0 Å². The topological polar surface area (TPSA) is 124 Å². The highest BCUT2D eigenvalue weighted by atomic mass is 32.2. The summed E-state index contributed by atoms with van der Waals surface area (Å²) in [6.07, 6.45) is 1.40. The Hall–Kier alpha value is -3.56. The first-order valence-electron chi connectivity index (χ1n) is 12.7. The van der Waals surface area contributed by atoms with Crippen molar-refractivity contribution in [2.24, 2.45) is 0 Å². The maximum Gasteiger partial charge on any atom is 0.189 e. The van der Waals surface area contributed by atoms with Crippen molar-refractivity contribution in [3.63, 3.8) is 0 Å². The normalized spacial score (nSPS) is 14.5. The van der Waals surface area contributed by atoms with Crippen LogP contribution in [0.3, 0.4) is 0 Å². The highest BCUT2D eigenvalue weighted by molar-refractivity contribution is 7.92. The van der Waals surface area contributed by atoms with Crippen LogP contribution in [0.25, 0.3) is 34.0 Å². The van der Waals surface area contributed by atoms with Crippen LogP contribution in [0.1, 0.15) is 26.2 Å². The lowest BCUT2D eigenvalue weighted by molar-refractivity contribution is 0.434. The van der Waals surface area contributed by atoms with Crippen LogP contribution >= 0.6 is 0 Å². The van der Waals surface area contributed by atoms with Crippen molar-refractivity contribution in [3.8, 4) is 34.0 Å². The third-order valence-corrected chi connectivity index (χ3v) is 6.46. The SMILES string of the molecule is [2H]C([2H])C([2H])(C([2H])[2H])S(=O)(=O)c1ccc(-c2cnc(N)c(-c3cc(-c4ccc(CNC)cc4)no3)n2)cc1. The fraction of sp³-hybridized carbons (Fsp3) is 0.208. The number of rotatable bonds is 7. The number of nitrogens with two attached hydrogens (primary N) is 1. The van der Waals surface area contributed by atoms with Gasteiger partial charge < -0.3 is 15.6 Å². The van der Waals surface area contributed by atoms with Crippen molar-refractivity contribution in [3.05, 3.63) is 66.4 Å². The standard InChI is InChI=1S/C24H25N5O3S/c1-15(2)33(30,31)19-10-8-18(9-11-19)21-14-27-24(25)23(28-21)22-12-20(29-32-22)17-6-4-16(5-7-17)13-26-3/h4-12,14-15,26H,13H2,1-3H3,(H2,25,27)/i1D2,2D2,15D. The highest BCUT2D eigenvalue weighted by Gasteiger charge is 2.20. The van der Waals surface area contributed by atoms with E-state index < -0.39 is 28.8 Å². The molecule has 9 heteroatoms. The molecule has 8 nitrogen and oxygen atoms in total. The Labute approximate surface area is 199 Å². The van der Waals surface area contributed by atoms with Crippen LogP contribution < -0.4 is 11.1 Å². The summed E-state index contributed by atoms with van der Waals surface area (Å²) in [5.74, 6) is 0.395. The summed E-state index contributed by atoms with van der Waals surface area (Å²) in [5, 5.41) is 4.23. The fourth-order valence-corrected chi connectivity index (χ4v) is 3.95. The summed E-state index contributed by atoms with van der Waals surface area (Å²) in [7, 11) is -2.78. The maximum absolute atomic E-state index is 12.9. The molecule has 170 valence electrons.